The van der Waals surface area contributed by atoms with Crippen molar-refractivity contribution in [1.82, 2.24) is 24.9 Å². The lowest BCUT2D eigenvalue weighted by Gasteiger charge is -2.32. The molecule has 2 saturated heterocycles. The first-order valence-electron chi connectivity index (χ1n) is 12.0. The molecule has 1 aromatic heterocycles. The van der Waals surface area contributed by atoms with Crippen LogP contribution in [0.1, 0.15) is 44.1 Å². The minimum atomic E-state index is 0.244. The van der Waals surface area contributed by atoms with Gasteiger partial charge in [0.1, 0.15) is 0 Å². The number of hydrogen-bond acceptors (Lipinski definition) is 4. The van der Waals surface area contributed by atoms with Crippen LogP contribution in [0.4, 0.5) is 0 Å². The molecular formula is C25H37N5O. The van der Waals surface area contributed by atoms with Crippen molar-refractivity contribution in [3.05, 3.63) is 54.4 Å². The van der Waals surface area contributed by atoms with E-state index in [4.69, 9.17) is 0 Å². The fraction of sp³-hybridized carbons (Fsp3) is 0.600. The third-order valence-corrected chi connectivity index (χ3v) is 6.79. The zero-order chi connectivity index (χ0) is 21.3. The SMILES string of the molecule is O=C(CCC1CCN(CCCn2cccn2)CC1)N[C@H]1CCN(Cc2ccccc2)C1. The van der Waals surface area contributed by atoms with Crippen molar-refractivity contribution in [3.63, 3.8) is 0 Å². The maximum absolute atomic E-state index is 12.5. The summed E-state index contributed by atoms with van der Waals surface area (Å²) in [5.41, 5.74) is 1.35. The first kappa shape index (κ1) is 22.0. The molecule has 2 fully saturated rings. The number of nitrogens with zero attached hydrogens (tertiary/aromatic N) is 4. The van der Waals surface area contributed by atoms with Crippen molar-refractivity contribution < 1.29 is 4.79 Å². The number of amides is 1. The van der Waals surface area contributed by atoms with E-state index < -0.39 is 0 Å². The quantitative estimate of drug-likeness (QED) is 0.638. The molecule has 1 aromatic carbocycles. The van der Waals surface area contributed by atoms with Gasteiger partial charge in [0.05, 0.1) is 0 Å². The Labute approximate surface area is 186 Å². The Hall–Kier alpha value is -2.18. The second kappa shape index (κ2) is 11.4. The Morgan fingerprint density at radius 2 is 1.81 bits per heavy atom. The van der Waals surface area contributed by atoms with E-state index in [9.17, 15) is 4.79 Å². The second-order valence-electron chi connectivity index (χ2n) is 9.22. The van der Waals surface area contributed by atoms with E-state index in [1.54, 1.807) is 0 Å². The van der Waals surface area contributed by atoms with E-state index in [1.807, 2.05) is 23.1 Å². The Kier molecular flexibility index (Phi) is 8.13. The molecule has 168 valence electrons. The molecular weight excluding hydrogens is 386 g/mol. The largest absolute Gasteiger partial charge is 0.352 e. The number of carbonyl (C=O) groups excluding carboxylic acids is 1. The molecule has 0 aliphatic carbocycles. The number of benzene rings is 1. The van der Waals surface area contributed by atoms with E-state index in [0.29, 0.717) is 18.4 Å². The Balaban J connectivity index is 1.06. The summed E-state index contributed by atoms with van der Waals surface area (Å²) in [6.45, 7) is 7.50. The fourth-order valence-corrected chi connectivity index (χ4v) is 4.96. The van der Waals surface area contributed by atoms with E-state index in [-0.39, 0.29) is 5.91 Å². The van der Waals surface area contributed by atoms with E-state index in [0.717, 1.165) is 52.0 Å². The fourth-order valence-electron chi connectivity index (χ4n) is 4.96. The smallest absolute Gasteiger partial charge is 0.220 e. The predicted molar refractivity (Wildman–Crippen MR) is 124 cm³/mol. The van der Waals surface area contributed by atoms with E-state index in [1.165, 1.54) is 31.5 Å². The number of likely N-dealkylation sites (tertiary alicyclic amines) is 2. The van der Waals surface area contributed by atoms with E-state index in [2.05, 4.69) is 50.5 Å². The minimum absolute atomic E-state index is 0.244. The molecule has 1 amide bonds. The van der Waals surface area contributed by atoms with Gasteiger partial charge in [-0.3, -0.25) is 14.4 Å². The molecule has 2 aliphatic rings. The number of aromatic nitrogens is 2. The summed E-state index contributed by atoms with van der Waals surface area (Å²) >= 11 is 0. The highest BCUT2D eigenvalue weighted by Crippen LogP contribution is 2.22. The van der Waals surface area contributed by atoms with Crippen LogP contribution in [0.2, 0.25) is 0 Å². The van der Waals surface area contributed by atoms with Gasteiger partial charge in [-0.05, 0) is 69.3 Å². The number of rotatable bonds is 10. The lowest BCUT2D eigenvalue weighted by molar-refractivity contribution is -0.122. The number of hydrogen-bond donors (Lipinski definition) is 1. The summed E-state index contributed by atoms with van der Waals surface area (Å²) in [5.74, 6) is 0.944. The summed E-state index contributed by atoms with van der Waals surface area (Å²) in [5, 5.41) is 7.55. The molecule has 2 aliphatic heterocycles. The third-order valence-electron chi connectivity index (χ3n) is 6.79. The van der Waals surface area contributed by atoms with Crippen LogP contribution in [-0.2, 0) is 17.9 Å². The van der Waals surface area contributed by atoms with Gasteiger partial charge in [-0.2, -0.15) is 5.10 Å². The molecule has 6 heteroatoms. The molecule has 0 saturated carbocycles. The number of piperidine rings is 1. The van der Waals surface area contributed by atoms with Crippen molar-refractivity contribution >= 4 is 5.91 Å². The molecule has 6 nitrogen and oxygen atoms in total. The number of carbonyl (C=O) groups is 1. The average Bonchev–Trinajstić information content (AvgIpc) is 3.46. The third kappa shape index (κ3) is 7.18. The van der Waals surface area contributed by atoms with Crippen LogP contribution in [0, 0.1) is 5.92 Å². The highest BCUT2D eigenvalue weighted by atomic mass is 16.1. The summed E-state index contributed by atoms with van der Waals surface area (Å²) in [7, 11) is 0. The molecule has 3 heterocycles. The highest BCUT2D eigenvalue weighted by Gasteiger charge is 2.25. The van der Waals surface area contributed by atoms with Crippen molar-refractivity contribution in [2.24, 2.45) is 5.92 Å². The molecule has 0 unspecified atom stereocenters. The first-order chi connectivity index (χ1) is 15.2. The highest BCUT2D eigenvalue weighted by molar-refractivity contribution is 5.76. The molecule has 31 heavy (non-hydrogen) atoms. The van der Waals surface area contributed by atoms with Crippen molar-refractivity contribution in [1.29, 1.82) is 0 Å². The molecule has 0 radical (unpaired) electrons. The van der Waals surface area contributed by atoms with Gasteiger partial charge in [-0.25, -0.2) is 0 Å². The average molecular weight is 424 g/mol. The van der Waals surface area contributed by atoms with Crippen LogP contribution in [-0.4, -0.2) is 64.3 Å². The number of aryl methyl sites for hydroxylation is 1. The van der Waals surface area contributed by atoms with Crippen LogP contribution < -0.4 is 5.32 Å². The van der Waals surface area contributed by atoms with Gasteiger partial charge in [-0.15, -0.1) is 0 Å². The van der Waals surface area contributed by atoms with Crippen LogP contribution in [0.5, 0.6) is 0 Å². The zero-order valence-corrected chi connectivity index (χ0v) is 18.7. The maximum atomic E-state index is 12.5. The van der Waals surface area contributed by atoms with Crippen LogP contribution in [0.15, 0.2) is 48.8 Å². The molecule has 0 spiro atoms. The Morgan fingerprint density at radius 3 is 2.58 bits per heavy atom. The van der Waals surface area contributed by atoms with Gasteiger partial charge >= 0.3 is 0 Å². The van der Waals surface area contributed by atoms with Crippen molar-refractivity contribution in [2.45, 2.75) is 57.7 Å². The minimum Gasteiger partial charge on any atom is -0.352 e. The van der Waals surface area contributed by atoms with Crippen LogP contribution in [0.25, 0.3) is 0 Å². The normalized spacial score (nSPS) is 20.8. The molecule has 1 atom stereocenters. The summed E-state index contributed by atoms with van der Waals surface area (Å²) in [6, 6.07) is 12.9. The molecule has 4 rings (SSSR count). The lowest BCUT2D eigenvalue weighted by Crippen LogP contribution is -2.38. The van der Waals surface area contributed by atoms with Gasteiger partial charge in [0.15, 0.2) is 0 Å². The standard InChI is InChI=1S/C25H37N5O/c31-25(27-24-12-19-29(21-24)20-23-6-2-1-3-7-23)9-8-22-10-17-28(18-11-22)14-5-16-30-15-4-13-26-30/h1-4,6-7,13,15,22,24H,5,8-12,14,16-21H2,(H,27,31)/t24-/m0/s1. The summed E-state index contributed by atoms with van der Waals surface area (Å²) < 4.78 is 2.01. The van der Waals surface area contributed by atoms with Gasteiger partial charge in [0, 0.05) is 51.0 Å². The summed E-state index contributed by atoms with van der Waals surface area (Å²) in [4.78, 5) is 17.5. The topological polar surface area (TPSA) is 53.4 Å². The molecule has 2 aromatic rings. The Morgan fingerprint density at radius 1 is 1.00 bits per heavy atom. The number of nitrogens with one attached hydrogen (secondary N) is 1. The second-order valence-corrected chi connectivity index (χ2v) is 9.22. The van der Waals surface area contributed by atoms with Gasteiger partial charge in [0.2, 0.25) is 5.91 Å². The van der Waals surface area contributed by atoms with Crippen LogP contribution >= 0.6 is 0 Å². The maximum Gasteiger partial charge on any atom is 0.220 e. The van der Waals surface area contributed by atoms with Crippen molar-refractivity contribution in [2.75, 3.05) is 32.7 Å². The lowest BCUT2D eigenvalue weighted by atomic mass is 9.92. The van der Waals surface area contributed by atoms with Gasteiger partial charge in [0.25, 0.3) is 0 Å². The van der Waals surface area contributed by atoms with E-state index >= 15 is 0 Å². The molecule has 1 N–H and O–H groups in total. The summed E-state index contributed by atoms with van der Waals surface area (Å²) in [6.07, 6.45) is 10.3. The van der Waals surface area contributed by atoms with Crippen molar-refractivity contribution in [3.8, 4) is 0 Å². The van der Waals surface area contributed by atoms with Crippen LogP contribution in [0.3, 0.4) is 0 Å². The van der Waals surface area contributed by atoms with Gasteiger partial charge in [-0.1, -0.05) is 30.3 Å². The molecule has 0 bridgehead atoms. The monoisotopic (exact) mass is 423 g/mol. The van der Waals surface area contributed by atoms with Gasteiger partial charge < -0.3 is 10.2 Å². The zero-order valence-electron chi connectivity index (χ0n) is 18.7. The predicted octanol–water partition coefficient (Wildman–Crippen LogP) is 3.16. The first-order valence-corrected chi connectivity index (χ1v) is 12.0. The Bertz CT molecular complexity index is 770.